The topological polar surface area (TPSA) is 72.6 Å². The normalized spacial score (nSPS) is 15.1. The van der Waals surface area contributed by atoms with Crippen molar-refractivity contribution in [2.45, 2.75) is 12.8 Å². The Kier molecular flexibility index (Phi) is 3.27. The molecule has 0 aromatic heterocycles. The number of carbonyl (C=O) groups is 2. The number of rotatable bonds is 4. The van der Waals surface area contributed by atoms with Gasteiger partial charge in [0.1, 0.15) is 5.75 Å². The summed E-state index contributed by atoms with van der Waals surface area (Å²) in [5.74, 6) is 0.207. The average molecular weight is 234 g/mol. The van der Waals surface area contributed by atoms with Gasteiger partial charge in [-0.1, -0.05) is 0 Å². The van der Waals surface area contributed by atoms with Crippen molar-refractivity contribution in [1.29, 1.82) is 0 Å². The number of hydrogen-bond donors (Lipinski definition) is 1. The number of nitrogens with two attached hydrogens (primary N) is 1. The van der Waals surface area contributed by atoms with E-state index in [9.17, 15) is 9.59 Å². The van der Waals surface area contributed by atoms with E-state index in [1.807, 2.05) is 0 Å². The standard InChI is InChI=1S/C12H14N2O3/c13-11(15)8-17-10-5-3-9(4-6-10)14-7-1-2-12(14)16/h3-6H,1-2,7-8H2,(H2,13,15). The number of carbonyl (C=O) groups excluding carboxylic acids is 2. The molecule has 0 unspecified atom stereocenters. The van der Waals surface area contributed by atoms with Crippen molar-refractivity contribution in [3.8, 4) is 5.75 Å². The largest absolute Gasteiger partial charge is 0.484 e. The van der Waals surface area contributed by atoms with E-state index < -0.39 is 5.91 Å². The molecule has 1 heterocycles. The van der Waals surface area contributed by atoms with Crippen LogP contribution in [0.3, 0.4) is 0 Å². The molecule has 1 aliphatic rings. The summed E-state index contributed by atoms with van der Waals surface area (Å²) in [6.45, 7) is 0.627. The third-order valence-electron chi connectivity index (χ3n) is 2.60. The zero-order valence-corrected chi connectivity index (χ0v) is 9.39. The number of ether oxygens (including phenoxy) is 1. The maximum atomic E-state index is 11.5. The first-order chi connectivity index (χ1) is 8.16. The number of amides is 2. The second kappa shape index (κ2) is 4.86. The summed E-state index contributed by atoms with van der Waals surface area (Å²) in [6, 6.07) is 7.06. The highest BCUT2D eigenvalue weighted by Gasteiger charge is 2.21. The first-order valence-electron chi connectivity index (χ1n) is 5.48. The second-order valence-electron chi connectivity index (χ2n) is 3.90. The van der Waals surface area contributed by atoms with E-state index in [1.165, 1.54) is 0 Å². The number of hydrogen-bond acceptors (Lipinski definition) is 3. The van der Waals surface area contributed by atoms with E-state index in [1.54, 1.807) is 29.2 Å². The number of primary amides is 1. The summed E-state index contributed by atoms with van der Waals surface area (Å²) in [4.78, 5) is 23.8. The van der Waals surface area contributed by atoms with Crippen molar-refractivity contribution in [3.63, 3.8) is 0 Å². The molecule has 0 spiro atoms. The molecular weight excluding hydrogens is 220 g/mol. The number of benzene rings is 1. The Bertz CT molecular complexity index is 428. The first-order valence-corrected chi connectivity index (χ1v) is 5.48. The Morgan fingerprint density at radius 3 is 2.59 bits per heavy atom. The van der Waals surface area contributed by atoms with Crippen LogP contribution in [0.25, 0.3) is 0 Å². The van der Waals surface area contributed by atoms with Gasteiger partial charge in [0.05, 0.1) is 0 Å². The predicted octanol–water partition coefficient (Wildman–Crippen LogP) is 0.677. The summed E-state index contributed by atoms with van der Waals surface area (Å²) >= 11 is 0. The highest BCUT2D eigenvalue weighted by molar-refractivity contribution is 5.95. The van der Waals surface area contributed by atoms with Crippen LogP contribution in [-0.4, -0.2) is 25.0 Å². The van der Waals surface area contributed by atoms with E-state index in [-0.39, 0.29) is 12.5 Å². The molecule has 5 nitrogen and oxygen atoms in total. The fourth-order valence-corrected chi connectivity index (χ4v) is 1.80. The second-order valence-corrected chi connectivity index (χ2v) is 3.90. The van der Waals surface area contributed by atoms with Gasteiger partial charge < -0.3 is 15.4 Å². The third kappa shape index (κ3) is 2.75. The molecule has 0 saturated carbocycles. The summed E-state index contributed by atoms with van der Waals surface area (Å²) in [6.07, 6.45) is 1.51. The Morgan fingerprint density at radius 1 is 1.35 bits per heavy atom. The van der Waals surface area contributed by atoms with Crippen LogP contribution in [0.4, 0.5) is 5.69 Å². The van der Waals surface area contributed by atoms with Crippen LogP contribution in [0.15, 0.2) is 24.3 Å². The fraction of sp³-hybridized carbons (Fsp3) is 0.333. The van der Waals surface area contributed by atoms with Crippen molar-refractivity contribution >= 4 is 17.5 Å². The van der Waals surface area contributed by atoms with Gasteiger partial charge in [-0.3, -0.25) is 9.59 Å². The van der Waals surface area contributed by atoms with E-state index in [2.05, 4.69) is 0 Å². The molecule has 0 aliphatic carbocycles. The maximum Gasteiger partial charge on any atom is 0.255 e. The summed E-state index contributed by atoms with van der Waals surface area (Å²) < 4.78 is 5.13. The minimum atomic E-state index is -0.510. The zero-order valence-electron chi connectivity index (χ0n) is 9.39. The van der Waals surface area contributed by atoms with Crippen LogP contribution in [0, 0.1) is 0 Å². The third-order valence-corrected chi connectivity index (χ3v) is 2.60. The molecule has 17 heavy (non-hydrogen) atoms. The quantitative estimate of drug-likeness (QED) is 0.832. The minimum Gasteiger partial charge on any atom is -0.484 e. The molecule has 5 heteroatoms. The summed E-state index contributed by atoms with van der Waals surface area (Å²) in [5, 5.41) is 0. The molecule has 1 aromatic carbocycles. The molecule has 0 radical (unpaired) electrons. The first kappa shape index (κ1) is 11.4. The maximum absolute atomic E-state index is 11.5. The van der Waals surface area contributed by atoms with Crippen LogP contribution < -0.4 is 15.4 Å². The molecule has 90 valence electrons. The summed E-state index contributed by atoms with van der Waals surface area (Å²) in [7, 11) is 0. The number of anilines is 1. The molecule has 1 saturated heterocycles. The van der Waals surface area contributed by atoms with Crippen molar-refractivity contribution in [2.75, 3.05) is 18.1 Å². The number of nitrogens with zero attached hydrogens (tertiary/aromatic N) is 1. The molecule has 1 aliphatic heterocycles. The van der Waals surface area contributed by atoms with Gasteiger partial charge in [0, 0.05) is 18.7 Å². The van der Waals surface area contributed by atoms with Crippen molar-refractivity contribution < 1.29 is 14.3 Å². The van der Waals surface area contributed by atoms with Gasteiger partial charge in [-0.2, -0.15) is 0 Å². The molecule has 2 rings (SSSR count). The lowest BCUT2D eigenvalue weighted by Crippen LogP contribution is -2.23. The van der Waals surface area contributed by atoms with E-state index in [0.717, 1.165) is 18.7 Å². The molecule has 0 bridgehead atoms. The van der Waals surface area contributed by atoms with E-state index >= 15 is 0 Å². The highest BCUT2D eigenvalue weighted by Crippen LogP contribution is 2.23. The van der Waals surface area contributed by atoms with Gasteiger partial charge in [-0.05, 0) is 30.7 Å². The van der Waals surface area contributed by atoms with Crippen LogP contribution >= 0.6 is 0 Å². The van der Waals surface area contributed by atoms with Crippen LogP contribution in [0.5, 0.6) is 5.75 Å². The monoisotopic (exact) mass is 234 g/mol. The van der Waals surface area contributed by atoms with Crippen LogP contribution in [0.1, 0.15) is 12.8 Å². The van der Waals surface area contributed by atoms with Gasteiger partial charge in [-0.15, -0.1) is 0 Å². The van der Waals surface area contributed by atoms with E-state index in [4.69, 9.17) is 10.5 Å². The molecule has 1 aromatic rings. The van der Waals surface area contributed by atoms with Gasteiger partial charge in [0.15, 0.2) is 6.61 Å². The average Bonchev–Trinajstić information content (AvgIpc) is 2.73. The predicted molar refractivity (Wildman–Crippen MR) is 62.7 cm³/mol. The highest BCUT2D eigenvalue weighted by atomic mass is 16.5. The zero-order chi connectivity index (χ0) is 12.3. The SMILES string of the molecule is NC(=O)COc1ccc(N2CCCC2=O)cc1. The Balaban J connectivity index is 2.02. The van der Waals surface area contributed by atoms with Crippen molar-refractivity contribution in [1.82, 2.24) is 0 Å². The van der Waals surface area contributed by atoms with Gasteiger partial charge in [0.2, 0.25) is 5.91 Å². The Hall–Kier alpha value is -2.04. The lowest BCUT2D eigenvalue weighted by Gasteiger charge is -2.15. The van der Waals surface area contributed by atoms with Gasteiger partial charge >= 0.3 is 0 Å². The van der Waals surface area contributed by atoms with Crippen LogP contribution in [-0.2, 0) is 9.59 Å². The fourth-order valence-electron chi connectivity index (χ4n) is 1.80. The Labute approximate surface area is 99.2 Å². The lowest BCUT2D eigenvalue weighted by atomic mass is 10.3. The van der Waals surface area contributed by atoms with Crippen molar-refractivity contribution in [2.24, 2.45) is 5.73 Å². The molecule has 2 N–H and O–H groups in total. The summed E-state index contributed by atoms with van der Waals surface area (Å²) in [5.41, 5.74) is 5.83. The van der Waals surface area contributed by atoms with Gasteiger partial charge in [-0.25, -0.2) is 0 Å². The van der Waals surface area contributed by atoms with Crippen LogP contribution in [0.2, 0.25) is 0 Å². The van der Waals surface area contributed by atoms with Gasteiger partial charge in [0.25, 0.3) is 5.91 Å². The molecule has 0 atom stereocenters. The van der Waals surface area contributed by atoms with E-state index in [0.29, 0.717) is 12.2 Å². The van der Waals surface area contributed by atoms with Crippen molar-refractivity contribution in [3.05, 3.63) is 24.3 Å². The lowest BCUT2D eigenvalue weighted by molar-refractivity contribution is -0.120. The smallest absolute Gasteiger partial charge is 0.255 e. The molecule has 1 fully saturated rings. The minimum absolute atomic E-state index is 0.137. The molecule has 2 amide bonds. The molecular formula is C12H14N2O3. The Morgan fingerprint density at radius 2 is 2.06 bits per heavy atom.